The summed E-state index contributed by atoms with van der Waals surface area (Å²) in [5, 5.41) is 15.8. The van der Waals surface area contributed by atoms with E-state index in [1.165, 1.54) is 43.5 Å². The third kappa shape index (κ3) is 4.74. The maximum atomic E-state index is 12.8. The number of benzene rings is 2. The zero-order chi connectivity index (χ0) is 18.4. The van der Waals surface area contributed by atoms with Crippen molar-refractivity contribution in [2.75, 3.05) is 19.0 Å². The van der Waals surface area contributed by atoms with Gasteiger partial charge in [-0.15, -0.1) is 0 Å². The highest BCUT2D eigenvalue weighted by Gasteiger charge is 2.18. The lowest BCUT2D eigenvalue weighted by Gasteiger charge is -2.08. The molecule has 0 saturated heterocycles. The lowest BCUT2D eigenvalue weighted by atomic mass is 10.1. The molecule has 0 aliphatic heterocycles. The van der Waals surface area contributed by atoms with Crippen LogP contribution in [0.3, 0.4) is 0 Å². The Hall–Kier alpha value is -3.49. The summed E-state index contributed by atoms with van der Waals surface area (Å²) in [6.45, 7) is -0.351. The van der Waals surface area contributed by atoms with Crippen molar-refractivity contribution >= 4 is 23.2 Å². The third-order valence-corrected chi connectivity index (χ3v) is 3.18. The van der Waals surface area contributed by atoms with Crippen molar-refractivity contribution in [2.24, 2.45) is 0 Å². The van der Waals surface area contributed by atoms with Gasteiger partial charge in [-0.3, -0.25) is 19.7 Å². The van der Waals surface area contributed by atoms with Crippen LogP contribution in [0.1, 0.15) is 10.4 Å². The van der Waals surface area contributed by atoms with E-state index in [1.807, 2.05) is 0 Å². The van der Waals surface area contributed by atoms with E-state index in [-0.39, 0.29) is 23.5 Å². The van der Waals surface area contributed by atoms with Crippen molar-refractivity contribution in [3.8, 4) is 5.75 Å². The number of nitro benzene ring substituents is 1. The first kappa shape index (κ1) is 17.9. The standard InChI is InChI=1S/C16H14FN3O5/c1-25-14-7-2-10(8-13(14)20(23)24)16(22)18-9-15(21)19-12-5-3-11(17)4-6-12/h2-8H,9H2,1H3,(H,18,22)(H,19,21). The van der Waals surface area contributed by atoms with Crippen molar-refractivity contribution in [1.82, 2.24) is 5.32 Å². The number of halogens is 1. The van der Waals surface area contributed by atoms with E-state index in [0.29, 0.717) is 5.69 Å². The molecule has 9 heteroatoms. The maximum absolute atomic E-state index is 12.8. The average Bonchev–Trinajstić information content (AvgIpc) is 2.61. The molecule has 0 aromatic heterocycles. The molecule has 0 atom stereocenters. The first-order chi connectivity index (χ1) is 11.9. The van der Waals surface area contributed by atoms with Crippen molar-refractivity contribution in [3.63, 3.8) is 0 Å². The number of nitro groups is 1. The first-order valence-corrected chi connectivity index (χ1v) is 7.06. The minimum Gasteiger partial charge on any atom is -0.490 e. The molecule has 2 N–H and O–H groups in total. The monoisotopic (exact) mass is 347 g/mol. The summed E-state index contributed by atoms with van der Waals surface area (Å²) in [7, 11) is 1.28. The summed E-state index contributed by atoms with van der Waals surface area (Å²) < 4.78 is 17.6. The molecule has 0 unspecified atom stereocenters. The molecule has 2 aromatic rings. The van der Waals surface area contributed by atoms with Crippen LogP contribution < -0.4 is 15.4 Å². The Morgan fingerprint density at radius 1 is 1.20 bits per heavy atom. The van der Waals surface area contributed by atoms with Crippen molar-refractivity contribution in [2.45, 2.75) is 0 Å². The lowest BCUT2D eigenvalue weighted by Crippen LogP contribution is -2.32. The summed E-state index contributed by atoms with van der Waals surface area (Å²) in [6.07, 6.45) is 0. The number of hydrogen-bond acceptors (Lipinski definition) is 5. The van der Waals surface area contributed by atoms with Gasteiger partial charge < -0.3 is 15.4 Å². The van der Waals surface area contributed by atoms with Crippen LogP contribution in [0.5, 0.6) is 5.75 Å². The van der Waals surface area contributed by atoms with Gasteiger partial charge in [0, 0.05) is 17.3 Å². The number of hydrogen-bond donors (Lipinski definition) is 2. The van der Waals surface area contributed by atoms with Crippen molar-refractivity contribution in [1.29, 1.82) is 0 Å². The minimum absolute atomic E-state index is 0.0158. The van der Waals surface area contributed by atoms with E-state index in [4.69, 9.17) is 4.74 Å². The number of amides is 2. The molecule has 2 aromatic carbocycles. The van der Waals surface area contributed by atoms with Gasteiger partial charge in [0.1, 0.15) is 5.82 Å². The molecule has 25 heavy (non-hydrogen) atoms. The Balaban J connectivity index is 1.97. The third-order valence-electron chi connectivity index (χ3n) is 3.18. The van der Waals surface area contributed by atoms with Gasteiger partial charge in [0.15, 0.2) is 5.75 Å². The molecule has 0 heterocycles. The fourth-order valence-corrected chi connectivity index (χ4v) is 1.97. The van der Waals surface area contributed by atoms with Gasteiger partial charge in [0.2, 0.25) is 5.91 Å². The highest BCUT2D eigenvalue weighted by molar-refractivity contribution is 5.99. The van der Waals surface area contributed by atoms with Gasteiger partial charge >= 0.3 is 5.69 Å². The van der Waals surface area contributed by atoms with E-state index >= 15 is 0 Å². The van der Waals surface area contributed by atoms with Gasteiger partial charge in [-0.2, -0.15) is 0 Å². The van der Waals surface area contributed by atoms with Gasteiger partial charge in [0.05, 0.1) is 18.6 Å². The van der Waals surface area contributed by atoms with Crippen LogP contribution in [0.25, 0.3) is 0 Å². The highest BCUT2D eigenvalue weighted by Crippen LogP contribution is 2.27. The Labute approximate surface area is 141 Å². The van der Waals surface area contributed by atoms with Crippen LogP contribution in [0.15, 0.2) is 42.5 Å². The van der Waals surface area contributed by atoms with Crippen LogP contribution in [-0.4, -0.2) is 30.4 Å². The van der Waals surface area contributed by atoms with Crippen LogP contribution >= 0.6 is 0 Å². The molecule has 0 saturated carbocycles. The van der Waals surface area contributed by atoms with Gasteiger partial charge in [-0.05, 0) is 36.4 Å². The zero-order valence-electron chi connectivity index (χ0n) is 13.1. The molecular weight excluding hydrogens is 333 g/mol. The second-order valence-electron chi connectivity index (χ2n) is 4.88. The molecule has 8 nitrogen and oxygen atoms in total. The number of nitrogens with one attached hydrogen (secondary N) is 2. The Morgan fingerprint density at radius 3 is 2.48 bits per heavy atom. The van der Waals surface area contributed by atoms with E-state index in [0.717, 1.165) is 6.07 Å². The van der Waals surface area contributed by atoms with Crippen LogP contribution in [0, 0.1) is 15.9 Å². The molecule has 0 aliphatic rings. The molecule has 0 spiro atoms. The van der Waals surface area contributed by atoms with Crippen molar-refractivity contribution < 1.29 is 23.6 Å². The second-order valence-corrected chi connectivity index (χ2v) is 4.88. The Kier molecular flexibility index (Phi) is 5.62. The summed E-state index contributed by atoms with van der Waals surface area (Å²) >= 11 is 0. The van der Waals surface area contributed by atoms with Gasteiger partial charge in [-0.1, -0.05) is 0 Å². The largest absolute Gasteiger partial charge is 0.490 e. The van der Waals surface area contributed by atoms with E-state index in [1.54, 1.807) is 0 Å². The predicted molar refractivity (Wildman–Crippen MR) is 87.0 cm³/mol. The van der Waals surface area contributed by atoms with Gasteiger partial charge in [-0.25, -0.2) is 4.39 Å². The summed E-state index contributed by atoms with van der Waals surface area (Å²) in [4.78, 5) is 34.1. The Morgan fingerprint density at radius 2 is 1.88 bits per heavy atom. The normalized spacial score (nSPS) is 10.0. The van der Waals surface area contributed by atoms with Crippen LogP contribution in [-0.2, 0) is 4.79 Å². The summed E-state index contributed by atoms with van der Waals surface area (Å²) in [5.74, 6) is -1.59. The number of carbonyl (C=O) groups is 2. The van der Waals surface area contributed by atoms with Crippen molar-refractivity contribution in [3.05, 3.63) is 64.0 Å². The van der Waals surface area contributed by atoms with E-state index < -0.39 is 22.6 Å². The predicted octanol–water partition coefficient (Wildman–Crippen LogP) is 2.11. The topological polar surface area (TPSA) is 111 Å². The molecule has 0 bridgehead atoms. The average molecular weight is 347 g/mol. The molecule has 0 radical (unpaired) electrons. The molecule has 130 valence electrons. The minimum atomic E-state index is -0.670. The maximum Gasteiger partial charge on any atom is 0.311 e. The lowest BCUT2D eigenvalue weighted by molar-refractivity contribution is -0.385. The molecule has 0 fully saturated rings. The second kappa shape index (κ2) is 7.86. The first-order valence-electron chi connectivity index (χ1n) is 7.06. The van der Waals surface area contributed by atoms with E-state index in [9.17, 15) is 24.1 Å². The molecule has 0 aliphatic carbocycles. The summed E-state index contributed by atoms with van der Waals surface area (Å²) in [5.41, 5.74) is 0.0359. The SMILES string of the molecule is COc1ccc(C(=O)NCC(=O)Nc2ccc(F)cc2)cc1[N+](=O)[O-]. The number of nitrogens with zero attached hydrogens (tertiary/aromatic N) is 1. The Bertz CT molecular complexity index is 808. The summed E-state index contributed by atoms with van der Waals surface area (Å²) in [6, 6.07) is 8.83. The number of anilines is 1. The molecule has 2 rings (SSSR count). The number of carbonyl (C=O) groups excluding carboxylic acids is 2. The number of rotatable bonds is 6. The molecule has 2 amide bonds. The van der Waals surface area contributed by atoms with Gasteiger partial charge in [0.25, 0.3) is 5.91 Å². The quantitative estimate of drug-likeness (QED) is 0.614. The fourth-order valence-electron chi connectivity index (χ4n) is 1.97. The van der Waals surface area contributed by atoms with Crippen LogP contribution in [0.4, 0.5) is 15.8 Å². The smallest absolute Gasteiger partial charge is 0.311 e. The highest BCUT2D eigenvalue weighted by atomic mass is 19.1. The van der Waals surface area contributed by atoms with E-state index in [2.05, 4.69) is 10.6 Å². The van der Waals surface area contributed by atoms with Crippen LogP contribution in [0.2, 0.25) is 0 Å². The number of ether oxygens (including phenoxy) is 1. The molecular formula is C16H14FN3O5. The number of methoxy groups -OCH3 is 1. The zero-order valence-corrected chi connectivity index (χ0v) is 13.1. The fraction of sp³-hybridized carbons (Fsp3) is 0.125.